The quantitative estimate of drug-likeness (QED) is 0.244. The number of esters is 1. The van der Waals surface area contributed by atoms with Crippen LogP contribution in [0.25, 0.3) is 0 Å². The van der Waals surface area contributed by atoms with E-state index in [4.69, 9.17) is 19.5 Å². The van der Waals surface area contributed by atoms with Crippen molar-refractivity contribution in [2.75, 3.05) is 13.2 Å². The molecule has 1 unspecified atom stereocenters. The molecule has 7 nitrogen and oxygen atoms in total. The summed E-state index contributed by atoms with van der Waals surface area (Å²) in [6.07, 6.45) is 23.8. The zero-order chi connectivity index (χ0) is 24.9. The first-order valence-electron chi connectivity index (χ1n) is 13.3. The summed E-state index contributed by atoms with van der Waals surface area (Å²) < 4.78 is 27.9. The van der Waals surface area contributed by atoms with Gasteiger partial charge in [0, 0.05) is 13.0 Å². The summed E-state index contributed by atoms with van der Waals surface area (Å²) in [5.41, 5.74) is 5.35. The summed E-state index contributed by atoms with van der Waals surface area (Å²) in [5.74, 6) is -0.429. The number of nitrogens with two attached hydrogens (primary N) is 1. The molecule has 0 amide bonds. The minimum Gasteiger partial charge on any atom is -0.462 e. The van der Waals surface area contributed by atoms with Crippen LogP contribution < -0.4 is 5.73 Å². The van der Waals surface area contributed by atoms with E-state index >= 15 is 0 Å². The highest BCUT2D eigenvalue weighted by Gasteiger charge is 2.28. The van der Waals surface area contributed by atoms with Crippen molar-refractivity contribution in [3.05, 3.63) is 24.3 Å². The van der Waals surface area contributed by atoms with Gasteiger partial charge in [0.05, 0.1) is 19.1 Å². The maximum Gasteiger partial charge on any atom is 0.472 e. The maximum atomic E-state index is 12.4. The van der Waals surface area contributed by atoms with E-state index in [9.17, 15) is 14.3 Å². The van der Waals surface area contributed by atoms with Crippen LogP contribution in [0.1, 0.15) is 110 Å². The van der Waals surface area contributed by atoms with E-state index in [0.29, 0.717) is 12.8 Å². The fourth-order valence-electron chi connectivity index (χ4n) is 3.97. The zero-order valence-electron chi connectivity index (χ0n) is 21.2. The topological polar surface area (TPSA) is 108 Å². The van der Waals surface area contributed by atoms with Gasteiger partial charge in [0.15, 0.2) is 0 Å². The fourth-order valence-corrected chi connectivity index (χ4v) is 4.92. The first-order valence-corrected chi connectivity index (χ1v) is 14.8. The monoisotopic (exact) mass is 501 g/mol. The van der Waals surface area contributed by atoms with Crippen LogP contribution in [0.5, 0.6) is 0 Å². The van der Waals surface area contributed by atoms with Crippen molar-refractivity contribution in [2.24, 2.45) is 5.73 Å². The van der Waals surface area contributed by atoms with Crippen LogP contribution in [0.3, 0.4) is 0 Å². The predicted molar refractivity (Wildman–Crippen MR) is 137 cm³/mol. The molecule has 0 aromatic heterocycles. The Balaban J connectivity index is 2.61. The number of carbonyl (C=O) groups is 1. The average molecular weight is 502 g/mol. The summed E-state index contributed by atoms with van der Waals surface area (Å²) >= 11 is 0. The van der Waals surface area contributed by atoms with Crippen molar-refractivity contribution in [2.45, 2.75) is 122 Å². The number of ether oxygens (including phenoxy) is 1. The summed E-state index contributed by atoms with van der Waals surface area (Å²) in [5, 5.41) is 0. The molecule has 34 heavy (non-hydrogen) atoms. The molecule has 3 atom stereocenters. The van der Waals surface area contributed by atoms with Gasteiger partial charge in [-0.25, -0.2) is 4.57 Å². The molecule has 1 aliphatic heterocycles. The number of phosphoric ester groups is 1. The lowest BCUT2D eigenvalue weighted by atomic mass is 10.0. The Morgan fingerprint density at radius 3 is 2.15 bits per heavy atom. The van der Waals surface area contributed by atoms with Crippen molar-refractivity contribution in [1.29, 1.82) is 0 Å². The van der Waals surface area contributed by atoms with Crippen molar-refractivity contribution in [1.82, 2.24) is 0 Å². The van der Waals surface area contributed by atoms with Gasteiger partial charge in [0.25, 0.3) is 0 Å². The van der Waals surface area contributed by atoms with Crippen LogP contribution in [-0.2, 0) is 23.1 Å². The third kappa shape index (κ3) is 18.4. The first kappa shape index (κ1) is 31.1. The highest BCUT2D eigenvalue weighted by Crippen LogP contribution is 2.45. The van der Waals surface area contributed by atoms with Crippen LogP contribution in [-0.4, -0.2) is 36.2 Å². The molecular formula is C26H48NO6P. The molecule has 0 aromatic rings. The molecule has 0 spiro atoms. The molecule has 1 heterocycles. The molecule has 0 radical (unpaired) electrons. The normalized spacial score (nSPS) is 27.6. The predicted octanol–water partition coefficient (Wildman–Crippen LogP) is 6.75. The van der Waals surface area contributed by atoms with Gasteiger partial charge in [-0.2, -0.15) is 0 Å². The van der Waals surface area contributed by atoms with Crippen LogP contribution in [0.15, 0.2) is 24.3 Å². The molecule has 3 N–H and O–H groups in total. The molecule has 1 rings (SSSR count). The Morgan fingerprint density at radius 1 is 0.941 bits per heavy atom. The number of cyclic esters (lactones) is 1. The molecule has 0 fully saturated rings. The molecular weight excluding hydrogens is 453 g/mol. The summed E-state index contributed by atoms with van der Waals surface area (Å²) in [4.78, 5) is 22.4. The lowest BCUT2D eigenvalue weighted by Gasteiger charge is -2.21. The molecule has 0 saturated heterocycles. The van der Waals surface area contributed by atoms with Gasteiger partial charge in [-0.3, -0.25) is 13.8 Å². The second-order valence-electron chi connectivity index (χ2n) is 9.19. The number of phosphoric acid groups is 1. The molecule has 0 aromatic carbocycles. The van der Waals surface area contributed by atoms with Gasteiger partial charge in [0.2, 0.25) is 0 Å². The lowest BCUT2D eigenvalue weighted by Crippen LogP contribution is -2.22. The number of allylic oxidation sites excluding steroid dienone is 3. The van der Waals surface area contributed by atoms with E-state index < -0.39 is 19.9 Å². The third-order valence-electron chi connectivity index (χ3n) is 5.83. The minimum atomic E-state index is -4.26. The number of hydrogen-bond donors (Lipinski definition) is 2. The van der Waals surface area contributed by atoms with Gasteiger partial charge >= 0.3 is 13.8 Å². The molecule has 198 valence electrons. The second kappa shape index (κ2) is 20.2. The number of hydrogen-bond acceptors (Lipinski definition) is 6. The largest absolute Gasteiger partial charge is 0.472 e. The van der Waals surface area contributed by atoms with Gasteiger partial charge in [-0.05, 0) is 39.0 Å². The highest BCUT2D eigenvalue weighted by atomic mass is 31.2. The van der Waals surface area contributed by atoms with E-state index in [1.165, 1.54) is 51.4 Å². The molecule has 1 aliphatic rings. The van der Waals surface area contributed by atoms with Crippen LogP contribution in [0, 0.1) is 0 Å². The highest BCUT2D eigenvalue weighted by molar-refractivity contribution is 7.47. The van der Waals surface area contributed by atoms with E-state index in [1.807, 2.05) is 13.0 Å². The van der Waals surface area contributed by atoms with Crippen molar-refractivity contribution in [3.63, 3.8) is 0 Å². The summed E-state index contributed by atoms with van der Waals surface area (Å²) in [6, 6.07) is 0. The van der Waals surface area contributed by atoms with Gasteiger partial charge in [-0.1, -0.05) is 82.1 Å². The van der Waals surface area contributed by atoms with Crippen LogP contribution in [0.4, 0.5) is 0 Å². The molecule has 0 aliphatic carbocycles. The number of rotatable bonds is 5. The van der Waals surface area contributed by atoms with E-state index in [0.717, 1.165) is 32.1 Å². The average Bonchev–Trinajstić information content (AvgIpc) is 2.78. The van der Waals surface area contributed by atoms with Crippen LogP contribution >= 0.6 is 7.82 Å². The minimum absolute atomic E-state index is 0.0740. The Bertz CT molecular complexity index is 624. The SMILES string of the molecule is C[C@@H]1C/C=C/CC/C=C/CCCCCCCCCCCC[C@H](OP(=O)(O)OCCN)CC(=O)O1. The van der Waals surface area contributed by atoms with E-state index in [2.05, 4.69) is 18.2 Å². The summed E-state index contributed by atoms with van der Waals surface area (Å²) in [7, 11) is -4.26. The third-order valence-corrected chi connectivity index (χ3v) is 6.90. The van der Waals surface area contributed by atoms with Gasteiger partial charge in [-0.15, -0.1) is 0 Å². The standard InChI is InChI=1S/C26H48NO6P/c1-24-19-17-15-13-11-9-7-5-3-2-4-6-8-10-12-14-16-18-20-25(23-26(28)32-24)33-34(29,30)31-22-21-27/h7,9,15,17,24-25H,2-6,8,10-14,16,18-23,27H2,1H3,(H,29,30)/b9-7+,17-15+/t24-,25+/m1/s1. The van der Waals surface area contributed by atoms with Gasteiger partial charge < -0.3 is 15.4 Å². The fraction of sp³-hybridized carbons (Fsp3) is 0.808. The Morgan fingerprint density at radius 2 is 1.50 bits per heavy atom. The maximum absolute atomic E-state index is 12.4. The first-order chi connectivity index (χ1) is 16.4. The van der Waals surface area contributed by atoms with E-state index in [1.54, 1.807) is 0 Å². The van der Waals surface area contributed by atoms with E-state index in [-0.39, 0.29) is 25.7 Å². The number of carbonyl (C=O) groups excluding carboxylic acids is 1. The van der Waals surface area contributed by atoms with Crippen molar-refractivity contribution < 1.29 is 28.0 Å². The van der Waals surface area contributed by atoms with Crippen LogP contribution in [0.2, 0.25) is 0 Å². The van der Waals surface area contributed by atoms with Crippen molar-refractivity contribution >= 4 is 13.8 Å². The Kier molecular flexibility index (Phi) is 18.5. The molecule has 0 bridgehead atoms. The zero-order valence-corrected chi connectivity index (χ0v) is 22.1. The van der Waals surface area contributed by atoms with Gasteiger partial charge in [0.1, 0.15) is 6.10 Å². The van der Waals surface area contributed by atoms with Crippen molar-refractivity contribution in [3.8, 4) is 0 Å². The second-order valence-corrected chi connectivity index (χ2v) is 10.6. The molecule has 0 saturated carbocycles. The summed E-state index contributed by atoms with van der Waals surface area (Å²) in [6.45, 7) is 1.88. The Hall–Kier alpha value is -0.980. The smallest absolute Gasteiger partial charge is 0.462 e. The molecule has 8 heteroatoms. The Labute approximate surface area is 207 Å². The lowest BCUT2D eigenvalue weighted by molar-refractivity contribution is -0.150.